The van der Waals surface area contributed by atoms with Crippen molar-refractivity contribution in [3.05, 3.63) is 11.6 Å². The van der Waals surface area contributed by atoms with Crippen molar-refractivity contribution in [1.82, 2.24) is 0 Å². The van der Waals surface area contributed by atoms with Crippen molar-refractivity contribution < 1.29 is 4.79 Å². The van der Waals surface area contributed by atoms with Gasteiger partial charge >= 0.3 is 0 Å². The Kier molecular flexibility index (Phi) is 3.51. The molecule has 1 aliphatic rings. The molecule has 0 amide bonds. The van der Waals surface area contributed by atoms with Gasteiger partial charge in [0, 0.05) is 12.8 Å². The molecule has 0 fully saturated rings. The largest absolute Gasteiger partial charge is 0.299 e. The van der Waals surface area contributed by atoms with Gasteiger partial charge in [-0.3, -0.25) is 4.79 Å². The number of hydrogen-bond donors (Lipinski definition) is 0. The van der Waals surface area contributed by atoms with Crippen molar-refractivity contribution in [2.75, 3.05) is 0 Å². The summed E-state index contributed by atoms with van der Waals surface area (Å²) in [4.78, 5) is 11.0. The third-order valence-electron chi connectivity index (χ3n) is 2.79. The van der Waals surface area contributed by atoms with E-state index in [2.05, 4.69) is 19.9 Å². The number of allylic oxidation sites excluding steroid dienone is 2. The number of hydrogen-bond acceptors (Lipinski definition) is 1. The summed E-state index contributed by atoms with van der Waals surface area (Å²) in [7, 11) is 0. The van der Waals surface area contributed by atoms with Gasteiger partial charge in [0.25, 0.3) is 0 Å². The van der Waals surface area contributed by atoms with Gasteiger partial charge in [-0.1, -0.05) is 25.5 Å². The van der Waals surface area contributed by atoms with Crippen LogP contribution >= 0.6 is 0 Å². The van der Waals surface area contributed by atoms with Crippen molar-refractivity contribution in [3.63, 3.8) is 0 Å². The van der Waals surface area contributed by atoms with Crippen LogP contribution in [0.2, 0.25) is 0 Å². The molecule has 0 N–H and O–H groups in total. The molecule has 0 atom stereocenters. The summed E-state index contributed by atoms with van der Waals surface area (Å²) in [5, 5.41) is 0. The minimum absolute atomic E-state index is 0.407. The predicted molar refractivity (Wildman–Crippen MR) is 51.0 cm³/mol. The van der Waals surface area contributed by atoms with Crippen LogP contribution in [0.25, 0.3) is 0 Å². The minimum Gasteiger partial charge on any atom is -0.299 e. The minimum atomic E-state index is 0.407. The first kappa shape index (κ1) is 9.50. The quantitative estimate of drug-likeness (QED) is 0.589. The Hall–Kier alpha value is -0.590. The molecule has 0 saturated carbocycles. The Morgan fingerprint density at radius 3 is 2.42 bits per heavy atom. The molecule has 0 bridgehead atoms. The second kappa shape index (κ2) is 4.44. The Bertz CT molecular complexity index is 187. The van der Waals surface area contributed by atoms with E-state index >= 15 is 0 Å². The van der Waals surface area contributed by atoms with Gasteiger partial charge in [0.15, 0.2) is 0 Å². The van der Waals surface area contributed by atoms with Crippen LogP contribution in [0.15, 0.2) is 11.6 Å². The first-order valence-electron chi connectivity index (χ1n) is 4.98. The maximum absolute atomic E-state index is 11.0. The van der Waals surface area contributed by atoms with Gasteiger partial charge in [-0.25, -0.2) is 0 Å². The van der Waals surface area contributed by atoms with Gasteiger partial charge in [0.1, 0.15) is 5.78 Å². The zero-order valence-electron chi connectivity index (χ0n) is 8.10. The molecule has 0 aromatic carbocycles. The number of carbonyl (C=O) groups is 1. The van der Waals surface area contributed by atoms with E-state index < -0.39 is 0 Å². The normalized spacial score (nSPS) is 18.2. The maximum atomic E-state index is 11.0. The SMILES string of the molecule is CCC(CC)C1=CCC(=O)CC1. The molecular formula is C11H18O. The van der Waals surface area contributed by atoms with Crippen LogP contribution in [0.5, 0.6) is 0 Å². The molecular weight excluding hydrogens is 148 g/mol. The molecule has 1 rings (SSSR count). The summed E-state index contributed by atoms with van der Waals surface area (Å²) in [6.45, 7) is 4.46. The van der Waals surface area contributed by atoms with Crippen molar-refractivity contribution in [3.8, 4) is 0 Å². The lowest BCUT2D eigenvalue weighted by atomic mass is 9.86. The smallest absolute Gasteiger partial charge is 0.136 e. The molecule has 1 nitrogen and oxygen atoms in total. The van der Waals surface area contributed by atoms with Gasteiger partial charge in [-0.15, -0.1) is 0 Å². The lowest BCUT2D eigenvalue weighted by Crippen LogP contribution is -2.10. The van der Waals surface area contributed by atoms with E-state index in [-0.39, 0.29) is 0 Å². The maximum Gasteiger partial charge on any atom is 0.136 e. The highest BCUT2D eigenvalue weighted by Crippen LogP contribution is 2.26. The zero-order chi connectivity index (χ0) is 8.97. The fourth-order valence-corrected chi connectivity index (χ4v) is 1.92. The predicted octanol–water partition coefficient (Wildman–Crippen LogP) is 3.10. The molecule has 0 heterocycles. The van der Waals surface area contributed by atoms with Crippen LogP contribution in [-0.4, -0.2) is 5.78 Å². The van der Waals surface area contributed by atoms with Gasteiger partial charge in [0.2, 0.25) is 0 Å². The van der Waals surface area contributed by atoms with E-state index in [0.29, 0.717) is 12.2 Å². The lowest BCUT2D eigenvalue weighted by molar-refractivity contribution is -0.118. The first-order chi connectivity index (χ1) is 5.77. The molecule has 0 aliphatic heterocycles. The highest BCUT2D eigenvalue weighted by Gasteiger charge is 2.15. The summed E-state index contributed by atoms with van der Waals surface area (Å²) in [5.41, 5.74) is 1.53. The van der Waals surface area contributed by atoms with Crippen molar-refractivity contribution in [2.45, 2.75) is 46.0 Å². The number of carbonyl (C=O) groups excluding carboxylic acids is 1. The molecule has 0 radical (unpaired) electrons. The fourth-order valence-electron chi connectivity index (χ4n) is 1.92. The molecule has 1 aliphatic carbocycles. The Labute approximate surface area is 74.9 Å². The lowest BCUT2D eigenvalue weighted by Gasteiger charge is -2.19. The van der Waals surface area contributed by atoms with Crippen LogP contribution in [0.1, 0.15) is 46.0 Å². The molecule has 0 aromatic heterocycles. The summed E-state index contributed by atoms with van der Waals surface area (Å²) in [6.07, 6.45) is 7.08. The first-order valence-corrected chi connectivity index (χ1v) is 4.98. The fraction of sp³-hybridized carbons (Fsp3) is 0.727. The highest BCUT2D eigenvalue weighted by atomic mass is 16.1. The number of rotatable bonds is 3. The second-order valence-corrected chi connectivity index (χ2v) is 3.54. The average Bonchev–Trinajstić information content (AvgIpc) is 2.10. The van der Waals surface area contributed by atoms with E-state index in [1.165, 1.54) is 18.4 Å². The Balaban J connectivity index is 2.56. The molecule has 0 aromatic rings. The monoisotopic (exact) mass is 166 g/mol. The zero-order valence-corrected chi connectivity index (χ0v) is 8.10. The van der Waals surface area contributed by atoms with Gasteiger partial charge in [-0.05, 0) is 25.2 Å². The summed E-state index contributed by atoms with van der Waals surface area (Å²) in [6, 6.07) is 0. The van der Waals surface area contributed by atoms with Crippen LogP contribution < -0.4 is 0 Å². The standard InChI is InChI=1S/C11H18O/c1-3-9(4-2)10-5-7-11(12)8-6-10/h5,9H,3-4,6-8H2,1-2H3. The molecule has 12 heavy (non-hydrogen) atoms. The Morgan fingerprint density at radius 1 is 1.33 bits per heavy atom. The molecule has 0 spiro atoms. The van der Waals surface area contributed by atoms with Crippen LogP contribution in [-0.2, 0) is 4.79 Å². The van der Waals surface area contributed by atoms with Crippen LogP contribution in [0.4, 0.5) is 0 Å². The Morgan fingerprint density at radius 2 is 2.00 bits per heavy atom. The highest BCUT2D eigenvalue weighted by molar-refractivity contribution is 5.81. The van der Waals surface area contributed by atoms with Gasteiger partial charge in [0.05, 0.1) is 0 Å². The van der Waals surface area contributed by atoms with E-state index in [1.54, 1.807) is 0 Å². The van der Waals surface area contributed by atoms with Gasteiger partial charge < -0.3 is 0 Å². The molecule has 1 heteroatoms. The average molecular weight is 166 g/mol. The summed E-state index contributed by atoms with van der Waals surface area (Å²) < 4.78 is 0. The number of ketones is 1. The molecule has 0 unspecified atom stereocenters. The van der Waals surface area contributed by atoms with Crippen molar-refractivity contribution >= 4 is 5.78 Å². The molecule has 68 valence electrons. The number of Topliss-reactive ketones (excluding diaryl/α,β-unsaturated/α-hetero) is 1. The van der Waals surface area contributed by atoms with E-state index in [4.69, 9.17) is 0 Å². The van der Waals surface area contributed by atoms with E-state index in [9.17, 15) is 4.79 Å². The third kappa shape index (κ3) is 2.20. The second-order valence-electron chi connectivity index (χ2n) is 3.54. The molecule has 0 saturated heterocycles. The van der Waals surface area contributed by atoms with Crippen LogP contribution in [0.3, 0.4) is 0 Å². The third-order valence-corrected chi connectivity index (χ3v) is 2.79. The van der Waals surface area contributed by atoms with Gasteiger partial charge in [-0.2, -0.15) is 0 Å². The summed E-state index contributed by atoms with van der Waals surface area (Å²) in [5.74, 6) is 1.14. The van der Waals surface area contributed by atoms with E-state index in [1.807, 2.05) is 0 Å². The summed E-state index contributed by atoms with van der Waals surface area (Å²) >= 11 is 0. The van der Waals surface area contributed by atoms with Crippen molar-refractivity contribution in [2.24, 2.45) is 5.92 Å². The topological polar surface area (TPSA) is 17.1 Å². The van der Waals surface area contributed by atoms with Crippen molar-refractivity contribution in [1.29, 1.82) is 0 Å². The van der Waals surface area contributed by atoms with Crippen LogP contribution in [0, 0.1) is 5.92 Å². The van der Waals surface area contributed by atoms with E-state index in [0.717, 1.165) is 18.8 Å².